The van der Waals surface area contributed by atoms with Crippen molar-refractivity contribution in [3.8, 4) is 0 Å². The zero-order valence-corrected chi connectivity index (χ0v) is 26.1. The average molecular weight is 579 g/mol. The topological polar surface area (TPSA) is 25.8 Å². The van der Waals surface area contributed by atoms with E-state index in [9.17, 15) is 0 Å². The molecule has 210 valence electrons. The van der Waals surface area contributed by atoms with Gasteiger partial charge in [-0.25, -0.2) is 9.97 Å². The van der Waals surface area contributed by atoms with Crippen LogP contribution in [-0.2, 0) is 0 Å². The Labute approximate surface area is 248 Å². The van der Waals surface area contributed by atoms with E-state index in [4.69, 9.17) is 9.97 Å². The van der Waals surface area contributed by atoms with E-state index in [1.54, 1.807) is 0 Å². The highest BCUT2D eigenvalue weighted by molar-refractivity contribution is 8.02. The second-order valence-electron chi connectivity index (χ2n) is 16.9. The molecule has 0 spiro atoms. The van der Waals surface area contributed by atoms with Gasteiger partial charge in [-0.15, -0.1) is 0 Å². The number of hydrogen-bond donors (Lipinski definition) is 0. The molecule has 1 aromatic heterocycles. The lowest BCUT2D eigenvalue weighted by Gasteiger charge is -2.56. The zero-order valence-electron chi connectivity index (χ0n) is 23.6. The summed E-state index contributed by atoms with van der Waals surface area (Å²) in [6.45, 7) is 0. The summed E-state index contributed by atoms with van der Waals surface area (Å²) in [5, 5.41) is 3.87. The van der Waals surface area contributed by atoms with E-state index >= 15 is 0 Å². The Balaban J connectivity index is 0.985. The van der Waals surface area contributed by atoms with Gasteiger partial charge in [0.25, 0.3) is 0 Å². The largest absolute Gasteiger partial charge is 0.216 e. The molecule has 12 aliphatic rings. The van der Waals surface area contributed by atoms with Crippen molar-refractivity contribution >= 4 is 35.3 Å². The highest BCUT2D eigenvalue weighted by atomic mass is 32.2. The molecule has 0 saturated heterocycles. The van der Waals surface area contributed by atoms with Crippen LogP contribution in [0.2, 0.25) is 0 Å². The predicted octanol–water partition coefficient (Wildman–Crippen LogP) is 9.66. The Kier molecular flexibility index (Phi) is 5.42. The third-order valence-corrected chi connectivity index (χ3v) is 17.6. The summed E-state index contributed by atoms with van der Waals surface area (Å²) in [6.07, 6.45) is 26.8. The minimum Gasteiger partial charge on any atom is -0.216 e. The van der Waals surface area contributed by atoms with Gasteiger partial charge in [0.2, 0.25) is 0 Å². The SMILES string of the molecule is c1c(SC23CC4CC(CC(C4)C2)C3)nc(SC23CC4CC(CC(C4)C2)C3)nc1SC12CC3CC(CC(C3)C1)C2. The Morgan fingerprint density at radius 2 is 0.667 bits per heavy atom. The first-order valence-electron chi connectivity index (χ1n) is 16.9. The van der Waals surface area contributed by atoms with Gasteiger partial charge in [-0.1, -0.05) is 35.3 Å². The number of aromatic nitrogens is 2. The van der Waals surface area contributed by atoms with E-state index in [1.165, 1.54) is 131 Å². The van der Waals surface area contributed by atoms with Gasteiger partial charge in [0, 0.05) is 20.3 Å². The van der Waals surface area contributed by atoms with Crippen LogP contribution in [0.3, 0.4) is 0 Å². The molecule has 13 rings (SSSR count). The summed E-state index contributed by atoms with van der Waals surface area (Å²) in [5.41, 5.74) is 0. The van der Waals surface area contributed by atoms with Crippen molar-refractivity contribution < 1.29 is 0 Å². The van der Waals surface area contributed by atoms with Crippen molar-refractivity contribution in [1.29, 1.82) is 0 Å². The lowest BCUT2D eigenvalue weighted by atomic mass is 9.56. The minimum atomic E-state index is 0.446. The fraction of sp³-hybridized carbons (Fsp3) is 0.882. The summed E-state index contributed by atoms with van der Waals surface area (Å²) in [6, 6.07) is 2.50. The molecule has 5 heteroatoms. The number of hydrogen-bond acceptors (Lipinski definition) is 5. The van der Waals surface area contributed by atoms with Gasteiger partial charge < -0.3 is 0 Å². The van der Waals surface area contributed by atoms with E-state index in [0.717, 1.165) is 53.3 Å². The second kappa shape index (κ2) is 8.61. The summed E-state index contributed by atoms with van der Waals surface area (Å²) in [7, 11) is 0. The maximum atomic E-state index is 5.48. The average Bonchev–Trinajstić information content (AvgIpc) is 2.80. The van der Waals surface area contributed by atoms with Crippen molar-refractivity contribution in [1.82, 2.24) is 9.97 Å². The van der Waals surface area contributed by atoms with Crippen molar-refractivity contribution in [2.75, 3.05) is 0 Å². The minimum absolute atomic E-state index is 0.446. The summed E-state index contributed by atoms with van der Waals surface area (Å²) >= 11 is 6.64. The molecule has 0 aliphatic heterocycles. The van der Waals surface area contributed by atoms with Gasteiger partial charge in [0.1, 0.15) is 10.1 Å². The van der Waals surface area contributed by atoms with Crippen molar-refractivity contribution in [2.24, 2.45) is 53.3 Å². The van der Waals surface area contributed by atoms with Crippen LogP contribution in [0.15, 0.2) is 21.3 Å². The molecule has 12 aliphatic carbocycles. The first kappa shape index (κ1) is 24.6. The molecular formula is C34H46N2S3. The van der Waals surface area contributed by atoms with Gasteiger partial charge in [-0.3, -0.25) is 0 Å². The van der Waals surface area contributed by atoms with E-state index < -0.39 is 0 Å². The molecule has 0 radical (unpaired) electrons. The van der Waals surface area contributed by atoms with Gasteiger partial charge in [-0.05, 0) is 169 Å². The predicted molar refractivity (Wildman–Crippen MR) is 162 cm³/mol. The number of rotatable bonds is 6. The van der Waals surface area contributed by atoms with Gasteiger partial charge in [0.05, 0.1) is 0 Å². The van der Waals surface area contributed by atoms with E-state index in [0.29, 0.717) is 14.2 Å². The van der Waals surface area contributed by atoms with Crippen LogP contribution >= 0.6 is 35.3 Å². The Hall–Kier alpha value is 0.130. The molecule has 0 unspecified atom stereocenters. The fourth-order valence-electron chi connectivity index (χ4n) is 13.6. The molecule has 0 aromatic carbocycles. The molecule has 1 heterocycles. The molecule has 0 N–H and O–H groups in total. The quantitative estimate of drug-likeness (QED) is 0.247. The Bertz CT molecular complexity index is 916. The normalized spacial score (nSPS) is 53.7. The van der Waals surface area contributed by atoms with Crippen molar-refractivity contribution in [2.45, 2.75) is 145 Å². The summed E-state index contributed by atoms with van der Waals surface area (Å²) in [4.78, 5) is 11.0. The fourth-order valence-corrected chi connectivity index (χ4v) is 18.9. The highest BCUT2D eigenvalue weighted by Crippen LogP contribution is 2.65. The van der Waals surface area contributed by atoms with Crippen LogP contribution in [0.4, 0.5) is 0 Å². The first-order chi connectivity index (χ1) is 18.9. The standard InChI is InChI=1S/C34H46N2S3/c1-20-2-22-3-21(1)12-32(11-20,13-22)37-29-10-30(38-33-14-23-4-24(15-33)6-25(5-23)16-33)36-31(35-29)39-34-17-26-7-27(18-34)9-28(8-26)19-34/h10,20-28H,1-9,11-19H2. The molecule has 39 heavy (non-hydrogen) atoms. The third kappa shape index (κ3) is 4.26. The highest BCUT2D eigenvalue weighted by Gasteiger charge is 2.54. The molecule has 12 fully saturated rings. The Morgan fingerprint density at radius 3 is 0.949 bits per heavy atom. The summed E-state index contributed by atoms with van der Waals surface area (Å²) in [5.74, 6) is 9.02. The second-order valence-corrected chi connectivity index (χ2v) is 21.3. The van der Waals surface area contributed by atoms with E-state index in [1.807, 2.05) is 0 Å². The van der Waals surface area contributed by atoms with E-state index in [2.05, 4.69) is 41.4 Å². The summed E-state index contributed by atoms with van der Waals surface area (Å²) < 4.78 is 1.41. The number of thioether (sulfide) groups is 3. The zero-order chi connectivity index (χ0) is 25.4. The Morgan fingerprint density at radius 1 is 0.410 bits per heavy atom. The van der Waals surface area contributed by atoms with Crippen LogP contribution < -0.4 is 0 Å². The molecule has 1 aromatic rings. The van der Waals surface area contributed by atoms with Crippen LogP contribution in [0, 0.1) is 53.3 Å². The molecule has 12 bridgehead atoms. The molecule has 2 nitrogen and oxygen atoms in total. The van der Waals surface area contributed by atoms with Crippen molar-refractivity contribution in [3.63, 3.8) is 0 Å². The van der Waals surface area contributed by atoms with Crippen LogP contribution in [0.25, 0.3) is 0 Å². The van der Waals surface area contributed by atoms with Crippen molar-refractivity contribution in [3.05, 3.63) is 6.07 Å². The maximum absolute atomic E-state index is 5.48. The first-order valence-corrected chi connectivity index (χ1v) is 19.4. The smallest absolute Gasteiger partial charge is 0.190 e. The lowest BCUT2D eigenvalue weighted by Crippen LogP contribution is -2.49. The molecule has 0 amide bonds. The monoisotopic (exact) mass is 578 g/mol. The molecular weight excluding hydrogens is 533 g/mol. The third-order valence-electron chi connectivity index (χ3n) is 13.6. The molecule has 12 saturated carbocycles. The van der Waals surface area contributed by atoms with Gasteiger partial charge >= 0.3 is 0 Å². The van der Waals surface area contributed by atoms with Gasteiger partial charge in [-0.2, -0.15) is 0 Å². The van der Waals surface area contributed by atoms with Crippen LogP contribution in [0.5, 0.6) is 0 Å². The van der Waals surface area contributed by atoms with E-state index in [-0.39, 0.29) is 0 Å². The number of nitrogens with zero attached hydrogens (tertiary/aromatic N) is 2. The maximum Gasteiger partial charge on any atom is 0.190 e. The van der Waals surface area contributed by atoms with Crippen LogP contribution in [-0.4, -0.2) is 24.2 Å². The van der Waals surface area contributed by atoms with Crippen LogP contribution in [0.1, 0.15) is 116 Å². The van der Waals surface area contributed by atoms with Gasteiger partial charge in [0.15, 0.2) is 5.16 Å². The molecule has 0 atom stereocenters. The lowest BCUT2D eigenvalue weighted by molar-refractivity contribution is 0.0381.